The van der Waals surface area contributed by atoms with E-state index in [1.54, 1.807) is 6.42 Å². The molecular formula is C30H50O. The van der Waals surface area contributed by atoms with Gasteiger partial charge < -0.3 is 5.11 Å². The number of hydrogen-bond donors (Lipinski definition) is 1. The van der Waals surface area contributed by atoms with Crippen molar-refractivity contribution in [3.63, 3.8) is 0 Å². The van der Waals surface area contributed by atoms with Crippen LogP contribution in [-0.4, -0.2) is 11.2 Å². The normalized spacial score (nSPS) is 64.3. The molecule has 11 atom stereocenters. The topological polar surface area (TPSA) is 20.2 Å². The van der Waals surface area contributed by atoms with Gasteiger partial charge >= 0.3 is 0 Å². The maximum absolute atomic E-state index is 10.9. The SMILES string of the molecule is CC1CCC2(C)CCC34CC3(CCC3C5(C)CCC(O)C(C)(C)C5CCC34C)C2C1C. The summed E-state index contributed by atoms with van der Waals surface area (Å²) in [6.07, 6.45) is 15.5. The van der Waals surface area contributed by atoms with Crippen molar-refractivity contribution < 1.29 is 5.11 Å². The maximum atomic E-state index is 10.9. The molecule has 1 heteroatoms. The van der Waals surface area contributed by atoms with Gasteiger partial charge in [-0.05, 0) is 133 Å². The lowest BCUT2D eigenvalue weighted by atomic mass is 9.35. The molecule has 6 aliphatic rings. The van der Waals surface area contributed by atoms with Gasteiger partial charge in [0.05, 0.1) is 6.10 Å². The van der Waals surface area contributed by atoms with E-state index < -0.39 is 0 Å². The molecule has 11 unspecified atom stereocenters. The molecule has 0 bridgehead atoms. The van der Waals surface area contributed by atoms with Crippen molar-refractivity contribution in [2.24, 2.45) is 62.1 Å². The molecule has 6 rings (SSSR count). The first kappa shape index (κ1) is 21.5. The number of aliphatic hydroxyl groups is 1. The summed E-state index contributed by atoms with van der Waals surface area (Å²) in [5.41, 5.74) is 3.00. The minimum Gasteiger partial charge on any atom is -0.393 e. The second kappa shape index (κ2) is 5.95. The lowest BCUT2D eigenvalue weighted by Crippen LogP contribution is -2.64. The third kappa shape index (κ3) is 2.21. The minimum absolute atomic E-state index is 0.0858. The molecule has 31 heavy (non-hydrogen) atoms. The first-order chi connectivity index (χ1) is 14.4. The molecule has 6 fully saturated rings. The van der Waals surface area contributed by atoms with Gasteiger partial charge in [-0.2, -0.15) is 0 Å². The predicted molar refractivity (Wildman–Crippen MR) is 129 cm³/mol. The fraction of sp³-hybridized carbons (Fsp3) is 1.00. The van der Waals surface area contributed by atoms with E-state index in [2.05, 4.69) is 48.5 Å². The molecule has 0 spiro atoms. The van der Waals surface area contributed by atoms with Crippen LogP contribution in [0, 0.1) is 62.1 Å². The fourth-order valence-corrected chi connectivity index (χ4v) is 12.8. The number of hydrogen-bond acceptors (Lipinski definition) is 1. The standard InChI is InChI=1S/C30H50O/c1-19-8-12-26(5)16-17-30-18-29(30,24(26)20(19)2)15-10-22-27(6)13-11-23(31)25(3,4)21(27)9-14-28(22,30)7/h19-24,31H,8-18H2,1-7H3. The highest BCUT2D eigenvalue weighted by molar-refractivity contribution is 5.32. The van der Waals surface area contributed by atoms with Crippen LogP contribution >= 0.6 is 0 Å². The van der Waals surface area contributed by atoms with E-state index in [4.69, 9.17) is 0 Å². The summed E-state index contributed by atoms with van der Waals surface area (Å²) >= 11 is 0. The van der Waals surface area contributed by atoms with E-state index in [1.807, 2.05) is 0 Å². The summed E-state index contributed by atoms with van der Waals surface area (Å²) < 4.78 is 0. The van der Waals surface area contributed by atoms with Crippen LogP contribution in [0.5, 0.6) is 0 Å². The Labute approximate surface area is 192 Å². The summed E-state index contributed by atoms with van der Waals surface area (Å²) in [5, 5.41) is 10.9. The van der Waals surface area contributed by atoms with Crippen LogP contribution in [0.2, 0.25) is 0 Å². The fourth-order valence-electron chi connectivity index (χ4n) is 12.8. The van der Waals surface area contributed by atoms with Gasteiger partial charge in [0, 0.05) is 0 Å². The Hall–Kier alpha value is -0.0400. The van der Waals surface area contributed by atoms with E-state index in [-0.39, 0.29) is 11.5 Å². The van der Waals surface area contributed by atoms with Gasteiger partial charge in [-0.25, -0.2) is 0 Å². The van der Waals surface area contributed by atoms with Gasteiger partial charge in [-0.1, -0.05) is 48.5 Å². The highest BCUT2D eigenvalue weighted by atomic mass is 16.3. The Kier molecular flexibility index (Phi) is 4.13. The predicted octanol–water partition coefficient (Wildman–Crippen LogP) is 7.86. The zero-order chi connectivity index (χ0) is 22.2. The number of rotatable bonds is 0. The average Bonchev–Trinajstić information content (AvgIpc) is 3.39. The van der Waals surface area contributed by atoms with Crippen LogP contribution in [0.15, 0.2) is 0 Å². The molecule has 6 saturated carbocycles. The summed E-state index contributed by atoms with van der Waals surface area (Å²) in [7, 11) is 0. The molecule has 176 valence electrons. The average molecular weight is 427 g/mol. The lowest BCUT2D eigenvalue weighted by Gasteiger charge is -2.70. The van der Waals surface area contributed by atoms with Gasteiger partial charge in [-0.15, -0.1) is 0 Å². The Morgan fingerprint density at radius 1 is 0.710 bits per heavy atom. The first-order valence-corrected chi connectivity index (χ1v) is 14.1. The monoisotopic (exact) mass is 426 g/mol. The van der Waals surface area contributed by atoms with Crippen molar-refractivity contribution in [3.05, 3.63) is 0 Å². The van der Waals surface area contributed by atoms with Crippen molar-refractivity contribution in [2.75, 3.05) is 0 Å². The Bertz CT molecular complexity index is 785. The van der Waals surface area contributed by atoms with Gasteiger partial charge in [0.2, 0.25) is 0 Å². The van der Waals surface area contributed by atoms with Crippen LogP contribution in [0.1, 0.15) is 119 Å². The van der Waals surface area contributed by atoms with Gasteiger partial charge in [-0.3, -0.25) is 0 Å². The molecule has 0 heterocycles. The molecule has 0 aromatic heterocycles. The van der Waals surface area contributed by atoms with E-state index in [1.165, 1.54) is 57.8 Å². The first-order valence-electron chi connectivity index (χ1n) is 14.1. The Morgan fingerprint density at radius 2 is 1.42 bits per heavy atom. The molecule has 0 amide bonds. The lowest BCUT2D eigenvalue weighted by molar-refractivity contribution is -0.223. The molecule has 0 aliphatic heterocycles. The summed E-state index contributed by atoms with van der Waals surface area (Å²) in [5.74, 6) is 4.39. The molecule has 0 aromatic rings. The second-order valence-electron chi connectivity index (χ2n) is 15.4. The summed E-state index contributed by atoms with van der Waals surface area (Å²) in [6.45, 7) is 18.2. The third-order valence-corrected chi connectivity index (χ3v) is 14.5. The van der Waals surface area contributed by atoms with Crippen molar-refractivity contribution in [1.29, 1.82) is 0 Å². The highest BCUT2D eigenvalue weighted by Crippen LogP contribution is 2.91. The maximum Gasteiger partial charge on any atom is 0.0594 e. The summed E-state index contributed by atoms with van der Waals surface area (Å²) in [6, 6.07) is 0. The van der Waals surface area contributed by atoms with Crippen molar-refractivity contribution in [2.45, 2.75) is 125 Å². The third-order valence-electron chi connectivity index (χ3n) is 14.5. The minimum atomic E-state index is -0.100. The van der Waals surface area contributed by atoms with E-state index >= 15 is 0 Å². The van der Waals surface area contributed by atoms with Crippen LogP contribution in [0.25, 0.3) is 0 Å². The molecule has 0 saturated heterocycles. The van der Waals surface area contributed by atoms with Crippen molar-refractivity contribution >= 4 is 0 Å². The quantitative estimate of drug-likeness (QED) is 0.418. The summed E-state index contributed by atoms with van der Waals surface area (Å²) in [4.78, 5) is 0. The van der Waals surface area contributed by atoms with Crippen LogP contribution in [0.3, 0.4) is 0 Å². The zero-order valence-corrected chi connectivity index (χ0v) is 21.7. The smallest absolute Gasteiger partial charge is 0.0594 e. The molecule has 0 aromatic carbocycles. The highest BCUT2D eigenvalue weighted by Gasteiger charge is 2.84. The van der Waals surface area contributed by atoms with E-state index in [0.29, 0.717) is 33.0 Å². The van der Waals surface area contributed by atoms with Crippen molar-refractivity contribution in [1.82, 2.24) is 0 Å². The molecule has 1 nitrogen and oxygen atoms in total. The molecule has 0 radical (unpaired) electrons. The van der Waals surface area contributed by atoms with Crippen LogP contribution < -0.4 is 0 Å². The second-order valence-corrected chi connectivity index (χ2v) is 15.4. The van der Waals surface area contributed by atoms with Gasteiger partial charge in [0.1, 0.15) is 0 Å². The number of aliphatic hydroxyl groups excluding tert-OH is 1. The van der Waals surface area contributed by atoms with Gasteiger partial charge in [0.15, 0.2) is 0 Å². The number of fused-ring (bicyclic) bond motifs is 4. The largest absolute Gasteiger partial charge is 0.393 e. The Balaban J connectivity index is 1.40. The van der Waals surface area contributed by atoms with Crippen LogP contribution in [0.4, 0.5) is 0 Å². The van der Waals surface area contributed by atoms with Gasteiger partial charge in [0.25, 0.3) is 0 Å². The molecular weight excluding hydrogens is 376 g/mol. The molecule has 1 N–H and O–H groups in total. The van der Waals surface area contributed by atoms with Crippen LogP contribution in [-0.2, 0) is 0 Å². The molecule has 6 aliphatic carbocycles. The zero-order valence-electron chi connectivity index (χ0n) is 21.7. The van der Waals surface area contributed by atoms with Crippen molar-refractivity contribution in [3.8, 4) is 0 Å². The van der Waals surface area contributed by atoms with E-state index in [0.717, 1.165) is 30.1 Å². The Morgan fingerprint density at radius 3 is 2.16 bits per heavy atom. The van der Waals surface area contributed by atoms with E-state index in [9.17, 15) is 5.11 Å².